The van der Waals surface area contributed by atoms with Crippen molar-refractivity contribution < 1.29 is 9.90 Å². The van der Waals surface area contributed by atoms with Crippen LogP contribution in [0.1, 0.15) is 15.2 Å². The zero-order chi connectivity index (χ0) is 12.4. The number of rotatable bonds is 3. The molecule has 0 radical (unpaired) electrons. The molecule has 4 nitrogen and oxygen atoms in total. The summed E-state index contributed by atoms with van der Waals surface area (Å²) in [6.45, 7) is 4.85. The third-order valence-corrected chi connectivity index (χ3v) is 4.54. The molecule has 2 rings (SSSR count). The lowest BCUT2D eigenvalue weighted by Crippen LogP contribution is -2.43. The molecular formula is C11H15ClN2O2S. The van der Waals surface area contributed by atoms with Crippen molar-refractivity contribution in [3.63, 3.8) is 0 Å². The molecule has 2 heterocycles. The Morgan fingerprint density at radius 2 is 2.12 bits per heavy atom. The molecule has 0 saturated carbocycles. The Bertz CT molecular complexity index is 414. The summed E-state index contributed by atoms with van der Waals surface area (Å²) in [6, 6.07) is 0. The van der Waals surface area contributed by atoms with Gasteiger partial charge in [-0.1, -0.05) is 11.6 Å². The van der Waals surface area contributed by atoms with Crippen LogP contribution >= 0.6 is 22.9 Å². The van der Waals surface area contributed by atoms with Crippen LogP contribution in [0.5, 0.6) is 0 Å². The zero-order valence-electron chi connectivity index (χ0n) is 9.65. The molecule has 1 saturated heterocycles. The second-order valence-electron chi connectivity index (χ2n) is 4.29. The molecule has 0 atom stereocenters. The number of carboxylic acid groups (broad SMARTS) is 1. The lowest BCUT2D eigenvalue weighted by atomic mass is 10.2. The minimum absolute atomic E-state index is 0.246. The number of aromatic carboxylic acids is 1. The van der Waals surface area contributed by atoms with Gasteiger partial charge in [0.05, 0.1) is 5.02 Å². The van der Waals surface area contributed by atoms with Crippen LogP contribution in [0.2, 0.25) is 5.02 Å². The Balaban J connectivity index is 2.01. The first-order valence-corrected chi connectivity index (χ1v) is 6.73. The Hall–Kier alpha value is -0.620. The summed E-state index contributed by atoms with van der Waals surface area (Å²) < 4.78 is 0. The number of hydrogen-bond donors (Lipinski definition) is 1. The Labute approximate surface area is 109 Å². The fourth-order valence-corrected chi connectivity index (χ4v) is 3.06. The third-order valence-electron chi connectivity index (χ3n) is 2.98. The number of likely N-dealkylation sites (N-methyl/N-ethyl adjacent to an activating group) is 1. The topological polar surface area (TPSA) is 43.8 Å². The summed E-state index contributed by atoms with van der Waals surface area (Å²) in [4.78, 5) is 15.7. The second-order valence-corrected chi connectivity index (χ2v) is 5.55. The Morgan fingerprint density at radius 3 is 2.65 bits per heavy atom. The van der Waals surface area contributed by atoms with Crippen LogP contribution in [0.3, 0.4) is 0 Å². The van der Waals surface area contributed by atoms with Gasteiger partial charge >= 0.3 is 5.97 Å². The van der Waals surface area contributed by atoms with Crippen LogP contribution in [0, 0.1) is 0 Å². The van der Waals surface area contributed by atoms with E-state index in [0.717, 1.165) is 38.3 Å². The minimum atomic E-state index is -0.940. The standard InChI is InChI=1S/C11H15ClN2O2S/c1-13-2-4-14(5-3-13)6-8-7-17-10(9(8)12)11(15)16/h7H,2-6H2,1H3,(H,15,16). The molecule has 17 heavy (non-hydrogen) atoms. The van der Waals surface area contributed by atoms with E-state index in [1.54, 1.807) is 0 Å². The molecule has 1 fully saturated rings. The van der Waals surface area contributed by atoms with Gasteiger partial charge in [-0.05, 0) is 18.0 Å². The van der Waals surface area contributed by atoms with Gasteiger partial charge in [0, 0.05) is 32.7 Å². The van der Waals surface area contributed by atoms with Crippen molar-refractivity contribution in [3.05, 3.63) is 20.8 Å². The normalized spacial score (nSPS) is 18.5. The van der Waals surface area contributed by atoms with Gasteiger partial charge < -0.3 is 10.0 Å². The van der Waals surface area contributed by atoms with Crippen molar-refractivity contribution in [2.24, 2.45) is 0 Å². The molecule has 6 heteroatoms. The van der Waals surface area contributed by atoms with Crippen LogP contribution < -0.4 is 0 Å². The maximum absolute atomic E-state index is 10.9. The maximum Gasteiger partial charge on any atom is 0.347 e. The molecule has 1 aromatic rings. The van der Waals surface area contributed by atoms with E-state index in [2.05, 4.69) is 16.8 Å². The Morgan fingerprint density at radius 1 is 1.47 bits per heavy atom. The number of carboxylic acids is 1. The van der Waals surface area contributed by atoms with E-state index < -0.39 is 5.97 Å². The molecule has 1 N–H and O–H groups in total. The van der Waals surface area contributed by atoms with Gasteiger partial charge in [0.15, 0.2) is 0 Å². The van der Waals surface area contributed by atoms with E-state index in [1.807, 2.05) is 5.38 Å². The van der Waals surface area contributed by atoms with Gasteiger partial charge in [0.1, 0.15) is 4.88 Å². The predicted octanol–water partition coefficient (Wildman–Crippen LogP) is 1.85. The predicted molar refractivity (Wildman–Crippen MR) is 69.1 cm³/mol. The molecule has 1 aliphatic rings. The number of hydrogen-bond acceptors (Lipinski definition) is 4. The third kappa shape index (κ3) is 2.98. The average molecular weight is 275 g/mol. The number of carbonyl (C=O) groups is 1. The van der Waals surface area contributed by atoms with Crippen molar-refractivity contribution in [2.75, 3.05) is 33.2 Å². The average Bonchev–Trinajstić information content (AvgIpc) is 2.64. The molecule has 0 spiro atoms. The van der Waals surface area contributed by atoms with Crippen LogP contribution in [-0.4, -0.2) is 54.1 Å². The highest BCUT2D eigenvalue weighted by Gasteiger charge is 2.19. The molecule has 1 aliphatic heterocycles. The quantitative estimate of drug-likeness (QED) is 0.914. The van der Waals surface area contributed by atoms with Gasteiger partial charge in [-0.15, -0.1) is 11.3 Å². The maximum atomic E-state index is 10.9. The monoisotopic (exact) mass is 274 g/mol. The fraction of sp³-hybridized carbons (Fsp3) is 0.545. The van der Waals surface area contributed by atoms with E-state index >= 15 is 0 Å². The van der Waals surface area contributed by atoms with Gasteiger partial charge in [0.25, 0.3) is 0 Å². The van der Waals surface area contributed by atoms with Gasteiger partial charge in [0.2, 0.25) is 0 Å². The molecule has 1 aromatic heterocycles. The fourth-order valence-electron chi connectivity index (χ4n) is 1.88. The lowest BCUT2D eigenvalue weighted by Gasteiger charge is -2.32. The summed E-state index contributed by atoms with van der Waals surface area (Å²) in [5, 5.41) is 11.2. The van der Waals surface area contributed by atoms with E-state index in [0.29, 0.717) is 5.02 Å². The SMILES string of the molecule is CN1CCN(Cc2csc(C(=O)O)c2Cl)CC1. The van der Waals surface area contributed by atoms with Crippen molar-refractivity contribution in [2.45, 2.75) is 6.54 Å². The van der Waals surface area contributed by atoms with Crippen LogP contribution in [0.25, 0.3) is 0 Å². The van der Waals surface area contributed by atoms with Gasteiger partial charge in [-0.2, -0.15) is 0 Å². The smallest absolute Gasteiger partial charge is 0.347 e. The molecule has 94 valence electrons. The van der Waals surface area contributed by atoms with E-state index in [9.17, 15) is 4.79 Å². The van der Waals surface area contributed by atoms with E-state index in [4.69, 9.17) is 16.7 Å². The highest BCUT2D eigenvalue weighted by atomic mass is 35.5. The number of thiophene rings is 1. The lowest BCUT2D eigenvalue weighted by molar-refractivity contribution is 0.0702. The summed E-state index contributed by atoms with van der Waals surface area (Å²) >= 11 is 7.26. The summed E-state index contributed by atoms with van der Waals surface area (Å²) in [5.74, 6) is -0.940. The largest absolute Gasteiger partial charge is 0.477 e. The summed E-state index contributed by atoms with van der Waals surface area (Å²) in [5.41, 5.74) is 0.929. The van der Waals surface area contributed by atoms with Crippen LogP contribution in [0.15, 0.2) is 5.38 Å². The molecule has 0 aliphatic carbocycles. The number of halogens is 1. The minimum Gasteiger partial charge on any atom is -0.477 e. The van der Waals surface area contributed by atoms with Gasteiger partial charge in [-0.25, -0.2) is 4.79 Å². The Kier molecular flexibility index (Phi) is 4.04. The second kappa shape index (κ2) is 5.35. The number of nitrogens with zero attached hydrogens (tertiary/aromatic N) is 2. The summed E-state index contributed by atoms with van der Waals surface area (Å²) in [7, 11) is 2.11. The first-order valence-electron chi connectivity index (χ1n) is 5.48. The zero-order valence-corrected chi connectivity index (χ0v) is 11.2. The van der Waals surface area contributed by atoms with Crippen molar-refractivity contribution in [1.29, 1.82) is 0 Å². The molecular weight excluding hydrogens is 260 g/mol. The molecule has 0 aromatic carbocycles. The molecule has 0 amide bonds. The van der Waals surface area contributed by atoms with Crippen molar-refractivity contribution in [3.8, 4) is 0 Å². The number of piperazine rings is 1. The van der Waals surface area contributed by atoms with Crippen LogP contribution in [-0.2, 0) is 6.54 Å². The van der Waals surface area contributed by atoms with Gasteiger partial charge in [-0.3, -0.25) is 4.90 Å². The highest BCUT2D eigenvalue weighted by Crippen LogP contribution is 2.29. The first-order chi connectivity index (χ1) is 8.08. The first kappa shape index (κ1) is 12.8. The molecule has 0 bridgehead atoms. The highest BCUT2D eigenvalue weighted by molar-refractivity contribution is 7.12. The van der Waals surface area contributed by atoms with Crippen molar-refractivity contribution in [1.82, 2.24) is 9.80 Å². The van der Waals surface area contributed by atoms with Crippen molar-refractivity contribution >= 4 is 28.9 Å². The van der Waals surface area contributed by atoms with E-state index in [-0.39, 0.29) is 4.88 Å². The summed E-state index contributed by atoms with van der Waals surface area (Å²) in [6.07, 6.45) is 0. The molecule has 0 unspecified atom stereocenters. The van der Waals surface area contributed by atoms with Crippen LogP contribution in [0.4, 0.5) is 0 Å². The van der Waals surface area contributed by atoms with E-state index in [1.165, 1.54) is 11.3 Å².